The molecule has 2 N–H and O–H groups in total. The molecule has 6 heteroatoms. The largest absolute Gasteiger partial charge is 0.388 e. The van der Waals surface area contributed by atoms with Gasteiger partial charge in [0.1, 0.15) is 11.8 Å². The number of nitrogens with two attached hydrogens (primary N) is 1. The van der Waals surface area contributed by atoms with Crippen LogP contribution in [0.4, 0.5) is 0 Å². The molecule has 0 saturated carbocycles. The van der Waals surface area contributed by atoms with Crippen LogP contribution in [0.2, 0.25) is 0 Å². The first kappa shape index (κ1) is 32.3. The maximum absolute atomic E-state index is 12.5. The smallest absolute Gasteiger partial charge is 0.130 e. The van der Waals surface area contributed by atoms with E-state index in [9.17, 15) is 15.3 Å². The molecule has 38 heavy (non-hydrogen) atoms. The number of amidine groups is 1. The molecular formula is C32H40N4OS. The molecule has 2 unspecified atom stereocenters. The van der Waals surface area contributed by atoms with Gasteiger partial charge in [-0.05, 0) is 86.0 Å². The zero-order valence-corrected chi connectivity index (χ0v) is 24.9. The Morgan fingerprint density at radius 3 is 2.11 bits per heavy atom. The first-order valence-electron chi connectivity index (χ1n) is 12.9. The molecule has 1 aromatic heterocycles. The lowest BCUT2D eigenvalue weighted by Gasteiger charge is -2.31. The van der Waals surface area contributed by atoms with Gasteiger partial charge in [0.2, 0.25) is 0 Å². The molecular weight excluding hydrogens is 488 g/mol. The second-order valence-electron chi connectivity index (χ2n) is 9.27. The summed E-state index contributed by atoms with van der Waals surface area (Å²) in [5.74, 6) is -0.196. The van der Waals surface area contributed by atoms with Crippen molar-refractivity contribution in [2.45, 2.75) is 79.2 Å². The molecule has 3 aromatic rings. The summed E-state index contributed by atoms with van der Waals surface area (Å²) in [6, 6.07) is 19.9. The van der Waals surface area contributed by atoms with Crippen molar-refractivity contribution in [3.8, 4) is 23.3 Å². The summed E-state index contributed by atoms with van der Waals surface area (Å²) in [6.45, 7) is 17.3. The predicted octanol–water partition coefficient (Wildman–Crippen LogP) is 8.02. The third-order valence-corrected chi connectivity index (χ3v) is 7.22. The van der Waals surface area contributed by atoms with E-state index in [0.29, 0.717) is 11.4 Å². The van der Waals surface area contributed by atoms with Crippen molar-refractivity contribution in [3.05, 3.63) is 81.0 Å². The minimum Gasteiger partial charge on any atom is -0.388 e. The summed E-state index contributed by atoms with van der Waals surface area (Å²) >= 11 is 1.51. The van der Waals surface area contributed by atoms with Crippen LogP contribution >= 0.6 is 11.3 Å². The highest BCUT2D eigenvalue weighted by Gasteiger charge is 2.38. The molecule has 2 atom stereocenters. The Hall–Kier alpha value is -3.74. The van der Waals surface area contributed by atoms with Crippen molar-refractivity contribution in [2.24, 2.45) is 10.7 Å². The second-order valence-corrected chi connectivity index (χ2v) is 10.2. The van der Waals surface area contributed by atoms with Crippen molar-refractivity contribution in [1.29, 1.82) is 10.5 Å². The number of hydrogen-bond acceptors (Lipinski definition) is 5. The lowest BCUT2D eigenvalue weighted by atomic mass is 9.78. The normalized spacial score (nSPS) is 13.3. The molecule has 0 amide bonds. The molecule has 0 radical (unpaired) electrons. The molecule has 0 fully saturated rings. The quantitative estimate of drug-likeness (QED) is 0.190. The number of thiophene rings is 1. The van der Waals surface area contributed by atoms with E-state index in [1.54, 1.807) is 6.92 Å². The monoisotopic (exact) mass is 528 g/mol. The lowest BCUT2D eigenvalue weighted by molar-refractivity contribution is -0.110. The highest BCUT2D eigenvalue weighted by Crippen LogP contribution is 2.44. The molecule has 2 aromatic carbocycles. The fourth-order valence-corrected chi connectivity index (χ4v) is 5.18. The molecule has 0 aliphatic heterocycles. The van der Waals surface area contributed by atoms with Crippen molar-refractivity contribution >= 4 is 23.5 Å². The first-order chi connectivity index (χ1) is 18.0. The van der Waals surface area contributed by atoms with Crippen molar-refractivity contribution in [3.63, 3.8) is 0 Å². The summed E-state index contributed by atoms with van der Waals surface area (Å²) < 4.78 is 0. The van der Waals surface area contributed by atoms with Gasteiger partial charge in [0.25, 0.3) is 0 Å². The summed E-state index contributed by atoms with van der Waals surface area (Å²) in [5.41, 5.74) is 9.69. The van der Waals surface area contributed by atoms with E-state index in [1.165, 1.54) is 11.3 Å². The molecule has 3 rings (SSSR count). The van der Waals surface area contributed by atoms with Gasteiger partial charge in [0.05, 0.1) is 34.9 Å². The van der Waals surface area contributed by atoms with Crippen LogP contribution in [-0.4, -0.2) is 12.1 Å². The van der Waals surface area contributed by atoms with Gasteiger partial charge in [-0.3, -0.25) is 4.99 Å². The zero-order chi connectivity index (χ0) is 29.1. The number of aldehydes is 1. The number of carbonyl (C=O) groups excluding carboxylic acids is 1. The van der Waals surface area contributed by atoms with Gasteiger partial charge in [0, 0.05) is 4.88 Å². The highest BCUT2D eigenvalue weighted by molar-refractivity contribution is 7.10. The molecule has 200 valence electrons. The number of nitriles is 2. The van der Waals surface area contributed by atoms with Crippen molar-refractivity contribution < 1.29 is 4.79 Å². The number of carbonyl (C=O) groups is 1. The van der Waals surface area contributed by atoms with Crippen LogP contribution in [0.3, 0.4) is 0 Å². The van der Waals surface area contributed by atoms with Gasteiger partial charge < -0.3 is 10.5 Å². The van der Waals surface area contributed by atoms with Gasteiger partial charge in [-0.1, -0.05) is 58.0 Å². The van der Waals surface area contributed by atoms with E-state index in [4.69, 9.17) is 10.7 Å². The van der Waals surface area contributed by atoms with Crippen LogP contribution in [0.5, 0.6) is 0 Å². The molecule has 5 nitrogen and oxygen atoms in total. The van der Waals surface area contributed by atoms with E-state index in [0.717, 1.165) is 39.0 Å². The summed E-state index contributed by atoms with van der Waals surface area (Å²) in [5, 5.41) is 20.8. The van der Waals surface area contributed by atoms with Gasteiger partial charge >= 0.3 is 0 Å². The number of hydrogen-bond donors (Lipinski definition) is 1. The summed E-state index contributed by atoms with van der Waals surface area (Å²) in [4.78, 5) is 18.1. The Balaban J connectivity index is 0.00000172. The van der Waals surface area contributed by atoms with E-state index < -0.39 is 16.9 Å². The third-order valence-electron chi connectivity index (χ3n) is 6.06. The van der Waals surface area contributed by atoms with E-state index in [2.05, 4.69) is 12.1 Å². The number of rotatable bonds is 7. The SMILES string of the molecule is CC.CC.CC(N)=NC(C)(c1cc(-c2cc(C)cc(C#N)c2)cs1)C(C=O)c1ccc(C(C)(C)C#N)cc1. The molecule has 1 heterocycles. The molecule has 0 aliphatic carbocycles. The van der Waals surface area contributed by atoms with E-state index in [-0.39, 0.29) is 0 Å². The fraction of sp³-hybridized carbons (Fsp3) is 0.375. The van der Waals surface area contributed by atoms with E-state index in [1.807, 2.05) is 109 Å². The Morgan fingerprint density at radius 1 is 1.00 bits per heavy atom. The predicted molar refractivity (Wildman–Crippen MR) is 160 cm³/mol. The average molecular weight is 529 g/mol. The number of aryl methyl sites for hydroxylation is 1. The number of aliphatic imine (C=N–C) groups is 1. The maximum atomic E-state index is 12.5. The Labute approximate surface area is 232 Å². The van der Waals surface area contributed by atoms with Gasteiger partial charge in [-0.25, -0.2) is 0 Å². The maximum Gasteiger partial charge on any atom is 0.130 e. The minimum absolute atomic E-state index is 0.383. The third kappa shape index (κ3) is 7.40. The standard InChI is InChI=1S/C28H28N4OS.2C2H6/c1-18-10-20(14-29)12-22(11-18)23-13-26(34-16-23)28(5,32-19(2)31)25(15-33)21-6-8-24(9-7-21)27(3,4)17-30;2*1-2/h6-13,15-16,25H,1-5H3,(H2,31,32);2*1-2H3. The molecule has 0 bridgehead atoms. The molecule has 0 spiro atoms. The first-order valence-corrected chi connectivity index (χ1v) is 13.8. The average Bonchev–Trinajstić information content (AvgIpc) is 3.42. The van der Waals surface area contributed by atoms with Crippen LogP contribution < -0.4 is 5.73 Å². The lowest BCUT2D eigenvalue weighted by Crippen LogP contribution is -2.31. The van der Waals surface area contributed by atoms with E-state index >= 15 is 0 Å². The highest BCUT2D eigenvalue weighted by atomic mass is 32.1. The second kappa shape index (κ2) is 14.3. The van der Waals surface area contributed by atoms with Crippen molar-refractivity contribution in [1.82, 2.24) is 0 Å². The molecule has 0 saturated heterocycles. The van der Waals surface area contributed by atoms with Gasteiger partial charge in [0.15, 0.2) is 0 Å². The van der Waals surface area contributed by atoms with Crippen LogP contribution in [0.15, 0.2) is 58.9 Å². The Morgan fingerprint density at radius 2 is 1.61 bits per heavy atom. The van der Waals surface area contributed by atoms with Gasteiger partial charge in [-0.15, -0.1) is 11.3 Å². The fourth-order valence-electron chi connectivity index (χ4n) is 4.12. The van der Waals surface area contributed by atoms with Crippen molar-refractivity contribution in [2.75, 3.05) is 0 Å². The zero-order valence-electron chi connectivity index (χ0n) is 24.1. The molecule has 0 aliphatic rings. The number of benzene rings is 2. The van der Waals surface area contributed by atoms with Crippen LogP contribution in [0, 0.1) is 29.6 Å². The topological polar surface area (TPSA) is 103 Å². The van der Waals surface area contributed by atoms with Gasteiger partial charge in [-0.2, -0.15) is 10.5 Å². The summed E-state index contributed by atoms with van der Waals surface area (Å²) in [7, 11) is 0. The van der Waals surface area contributed by atoms with Crippen LogP contribution in [0.1, 0.15) is 88.4 Å². The summed E-state index contributed by atoms with van der Waals surface area (Å²) in [6.07, 6.45) is 0.913. The van der Waals surface area contributed by atoms with Crippen LogP contribution in [-0.2, 0) is 15.7 Å². The Kier molecular flexibility index (Phi) is 12.1. The number of nitrogens with zero attached hydrogens (tertiary/aromatic N) is 3. The Bertz CT molecular complexity index is 1320. The van der Waals surface area contributed by atoms with Crippen LogP contribution in [0.25, 0.3) is 11.1 Å². The minimum atomic E-state index is -0.919.